The molecule has 2 aromatic rings. The van der Waals surface area contributed by atoms with Crippen LogP contribution in [0.15, 0.2) is 22.7 Å². The molecule has 0 bridgehead atoms. The van der Waals surface area contributed by atoms with E-state index in [-0.39, 0.29) is 0 Å². The standard InChI is InChI=1S/C17H22BrClN2/c1-11-3-5-14(9-12(11)2)21-16-6-4-13(18)10-15(16)20-17(21)7-8-19/h4,6,10-12,14H,3,5,7-9H2,1-2H3. The van der Waals surface area contributed by atoms with Crippen molar-refractivity contribution in [1.82, 2.24) is 9.55 Å². The Balaban J connectivity index is 2.04. The Morgan fingerprint density at radius 1 is 1.29 bits per heavy atom. The predicted octanol–water partition coefficient (Wildman–Crippen LogP) is 5.58. The summed E-state index contributed by atoms with van der Waals surface area (Å²) in [5, 5.41) is 0. The van der Waals surface area contributed by atoms with Crippen LogP contribution in [-0.2, 0) is 6.42 Å². The molecule has 3 rings (SSSR count). The maximum absolute atomic E-state index is 6.00. The first kappa shape index (κ1) is 15.4. The minimum Gasteiger partial charge on any atom is -0.325 e. The Bertz CT molecular complexity index is 637. The summed E-state index contributed by atoms with van der Waals surface area (Å²) < 4.78 is 3.55. The van der Waals surface area contributed by atoms with Gasteiger partial charge in [0.2, 0.25) is 0 Å². The molecule has 4 heteroatoms. The fraction of sp³-hybridized carbons (Fsp3) is 0.588. The van der Waals surface area contributed by atoms with Crippen LogP contribution in [0.2, 0.25) is 0 Å². The van der Waals surface area contributed by atoms with Crippen molar-refractivity contribution >= 4 is 38.6 Å². The number of nitrogens with zero attached hydrogens (tertiary/aromatic N) is 2. The lowest BCUT2D eigenvalue weighted by Crippen LogP contribution is -2.24. The van der Waals surface area contributed by atoms with Crippen molar-refractivity contribution in [2.24, 2.45) is 11.8 Å². The second kappa shape index (κ2) is 6.29. The van der Waals surface area contributed by atoms with Gasteiger partial charge in [-0.1, -0.05) is 29.8 Å². The quantitative estimate of drug-likeness (QED) is 0.646. The van der Waals surface area contributed by atoms with Gasteiger partial charge in [-0.15, -0.1) is 11.6 Å². The van der Waals surface area contributed by atoms with E-state index in [1.807, 2.05) is 0 Å². The molecule has 0 saturated heterocycles. The summed E-state index contributed by atoms with van der Waals surface area (Å²) in [7, 11) is 0. The molecular weight excluding hydrogens is 348 g/mol. The molecule has 1 heterocycles. The molecule has 1 saturated carbocycles. The highest BCUT2D eigenvalue weighted by molar-refractivity contribution is 9.10. The van der Waals surface area contributed by atoms with E-state index in [1.165, 1.54) is 24.8 Å². The zero-order valence-corrected chi connectivity index (χ0v) is 15.0. The molecule has 0 N–H and O–H groups in total. The molecular formula is C17H22BrClN2. The van der Waals surface area contributed by atoms with Crippen LogP contribution in [0.3, 0.4) is 0 Å². The van der Waals surface area contributed by atoms with Gasteiger partial charge in [0.25, 0.3) is 0 Å². The normalized spacial score (nSPS) is 26.4. The van der Waals surface area contributed by atoms with Crippen LogP contribution in [0.1, 0.15) is 45.0 Å². The first-order valence-corrected chi connectivity index (χ1v) is 9.15. The van der Waals surface area contributed by atoms with E-state index in [1.54, 1.807) is 0 Å². The smallest absolute Gasteiger partial charge is 0.111 e. The van der Waals surface area contributed by atoms with Gasteiger partial charge in [0.1, 0.15) is 5.82 Å². The van der Waals surface area contributed by atoms with Crippen molar-refractivity contribution in [3.8, 4) is 0 Å². The Morgan fingerprint density at radius 2 is 2.10 bits per heavy atom. The molecule has 1 aliphatic rings. The number of aryl methyl sites for hydroxylation is 1. The van der Waals surface area contributed by atoms with Crippen LogP contribution in [-0.4, -0.2) is 15.4 Å². The number of aromatic nitrogens is 2. The minimum atomic E-state index is 0.570. The molecule has 0 radical (unpaired) electrons. The third-order valence-electron chi connectivity index (χ3n) is 4.98. The molecule has 1 aromatic carbocycles. The SMILES string of the molecule is CC1CCC(n2c(CCCl)nc3cc(Br)ccc32)CC1C. The van der Waals surface area contributed by atoms with Gasteiger partial charge in [0, 0.05) is 22.8 Å². The van der Waals surface area contributed by atoms with Crippen molar-refractivity contribution in [2.75, 3.05) is 5.88 Å². The number of halogens is 2. The third-order valence-corrected chi connectivity index (χ3v) is 5.66. The maximum atomic E-state index is 6.00. The largest absolute Gasteiger partial charge is 0.325 e. The van der Waals surface area contributed by atoms with Crippen molar-refractivity contribution in [1.29, 1.82) is 0 Å². The third kappa shape index (κ3) is 3.00. The summed E-state index contributed by atoms with van der Waals surface area (Å²) >= 11 is 9.54. The molecule has 1 aliphatic carbocycles. The van der Waals surface area contributed by atoms with Crippen LogP contribution in [0, 0.1) is 11.8 Å². The average molecular weight is 370 g/mol. The van der Waals surface area contributed by atoms with Gasteiger partial charge in [0.05, 0.1) is 11.0 Å². The van der Waals surface area contributed by atoms with E-state index in [9.17, 15) is 0 Å². The molecule has 3 atom stereocenters. The van der Waals surface area contributed by atoms with Gasteiger partial charge in [-0.25, -0.2) is 4.98 Å². The number of fused-ring (bicyclic) bond motifs is 1. The highest BCUT2D eigenvalue weighted by Gasteiger charge is 2.28. The Labute approximate surface area is 140 Å². The molecule has 114 valence electrons. The predicted molar refractivity (Wildman–Crippen MR) is 93.1 cm³/mol. The Kier molecular flexibility index (Phi) is 4.60. The monoisotopic (exact) mass is 368 g/mol. The van der Waals surface area contributed by atoms with E-state index in [4.69, 9.17) is 16.6 Å². The van der Waals surface area contributed by atoms with E-state index in [2.05, 4.69) is 52.5 Å². The van der Waals surface area contributed by atoms with Crippen molar-refractivity contribution in [2.45, 2.75) is 45.6 Å². The number of benzene rings is 1. The second-order valence-corrected chi connectivity index (χ2v) is 7.69. The molecule has 0 spiro atoms. The average Bonchev–Trinajstić information content (AvgIpc) is 2.79. The van der Waals surface area contributed by atoms with Crippen LogP contribution in [0.25, 0.3) is 11.0 Å². The Hall–Kier alpha value is -0.540. The van der Waals surface area contributed by atoms with Crippen molar-refractivity contribution in [3.05, 3.63) is 28.5 Å². The fourth-order valence-electron chi connectivity index (χ4n) is 3.54. The molecule has 1 aromatic heterocycles. The highest BCUT2D eigenvalue weighted by atomic mass is 79.9. The number of imidazole rings is 1. The topological polar surface area (TPSA) is 17.8 Å². The number of rotatable bonds is 3. The zero-order valence-electron chi connectivity index (χ0n) is 12.6. The van der Waals surface area contributed by atoms with E-state index < -0.39 is 0 Å². The summed E-state index contributed by atoms with van der Waals surface area (Å²) in [4.78, 5) is 4.83. The molecule has 0 aliphatic heterocycles. The highest BCUT2D eigenvalue weighted by Crippen LogP contribution is 2.38. The number of hydrogen-bond acceptors (Lipinski definition) is 1. The van der Waals surface area contributed by atoms with Crippen molar-refractivity contribution < 1.29 is 0 Å². The molecule has 21 heavy (non-hydrogen) atoms. The van der Waals surface area contributed by atoms with E-state index in [0.717, 1.165) is 34.1 Å². The molecule has 1 fully saturated rings. The number of alkyl halides is 1. The molecule has 2 nitrogen and oxygen atoms in total. The zero-order chi connectivity index (χ0) is 15.0. The van der Waals surface area contributed by atoms with Crippen LogP contribution in [0.5, 0.6) is 0 Å². The van der Waals surface area contributed by atoms with Gasteiger partial charge in [-0.2, -0.15) is 0 Å². The molecule has 3 unspecified atom stereocenters. The second-order valence-electron chi connectivity index (χ2n) is 6.39. The Morgan fingerprint density at radius 3 is 2.81 bits per heavy atom. The molecule has 0 amide bonds. The number of hydrogen-bond donors (Lipinski definition) is 0. The first-order valence-electron chi connectivity index (χ1n) is 7.82. The van der Waals surface area contributed by atoms with E-state index in [0.29, 0.717) is 11.9 Å². The van der Waals surface area contributed by atoms with Gasteiger partial charge in [-0.3, -0.25) is 0 Å². The first-order chi connectivity index (χ1) is 10.1. The van der Waals surface area contributed by atoms with Gasteiger partial charge in [-0.05, 0) is 49.3 Å². The van der Waals surface area contributed by atoms with Crippen LogP contribution < -0.4 is 0 Å². The maximum Gasteiger partial charge on any atom is 0.111 e. The summed E-state index contributed by atoms with van der Waals surface area (Å²) in [5.41, 5.74) is 2.33. The van der Waals surface area contributed by atoms with E-state index >= 15 is 0 Å². The van der Waals surface area contributed by atoms with Crippen LogP contribution >= 0.6 is 27.5 Å². The van der Waals surface area contributed by atoms with Crippen molar-refractivity contribution in [3.63, 3.8) is 0 Å². The summed E-state index contributed by atoms with van der Waals surface area (Å²) in [5.74, 6) is 3.38. The van der Waals surface area contributed by atoms with Gasteiger partial charge < -0.3 is 4.57 Å². The summed E-state index contributed by atoms with van der Waals surface area (Å²) in [6.07, 6.45) is 4.65. The minimum absolute atomic E-state index is 0.570. The van der Waals surface area contributed by atoms with Gasteiger partial charge >= 0.3 is 0 Å². The summed E-state index contributed by atoms with van der Waals surface area (Å²) in [6, 6.07) is 6.98. The van der Waals surface area contributed by atoms with Crippen LogP contribution in [0.4, 0.5) is 0 Å². The fourth-order valence-corrected chi connectivity index (χ4v) is 4.06. The lowest BCUT2D eigenvalue weighted by atomic mass is 9.79. The summed E-state index contributed by atoms with van der Waals surface area (Å²) in [6.45, 7) is 4.76. The lowest BCUT2D eigenvalue weighted by molar-refractivity contribution is 0.211. The lowest BCUT2D eigenvalue weighted by Gasteiger charge is -2.34. The van der Waals surface area contributed by atoms with Gasteiger partial charge in [0.15, 0.2) is 0 Å².